The van der Waals surface area contributed by atoms with Crippen LogP contribution in [0.2, 0.25) is 0 Å². The highest BCUT2D eigenvalue weighted by atomic mass is 31.2. The van der Waals surface area contributed by atoms with Crippen LogP contribution in [0, 0.1) is 0 Å². The topological polar surface area (TPSA) is 92.8 Å². The van der Waals surface area contributed by atoms with Crippen LogP contribution in [-0.4, -0.2) is 16.4 Å². The van der Waals surface area contributed by atoms with Crippen LogP contribution < -0.4 is 5.73 Å². The van der Waals surface area contributed by atoms with Gasteiger partial charge in [-0.05, 0) is 52.3 Å². The molecular formula is C33H62NO4P. The van der Waals surface area contributed by atoms with E-state index < -0.39 is 7.82 Å². The number of rotatable bonds is 21. The third-order valence-electron chi connectivity index (χ3n) is 7.82. The summed E-state index contributed by atoms with van der Waals surface area (Å²) in [6, 6.07) is 4.81. The Morgan fingerprint density at radius 2 is 1.08 bits per heavy atom. The normalized spacial score (nSPS) is 12.8. The minimum absolute atomic E-state index is 0.133. The molecule has 1 rings (SSSR count). The summed E-state index contributed by atoms with van der Waals surface area (Å²) in [6.45, 7) is 14.7. The van der Waals surface area contributed by atoms with Crippen molar-refractivity contribution in [2.45, 2.75) is 168 Å². The van der Waals surface area contributed by atoms with Gasteiger partial charge in [-0.15, -0.1) is 0 Å². The van der Waals surface area contributed by atoms with Crippen LogP contribution >= 0.6 is 7.82 Å². The highest BCUT2D eigenvalue weighted by Crippen LogP contribution is 2.36. The number of hydrogen-bond acceptors (Lipinski definition) is 3. The Labute approximate surface area is 241 Å². The molecule has 1 aromatic carbocycles. The van der Waals surface area contributed by atoms with Gasteiger partial charge in [0, 0.05) is 6.54 Å². The molecule has 0 heterocycles. The molecule has 0 amide bonds. The molecule has 228 valence electrons. The lowest BCUT2D eigenvalue weighted by Gasteiger charge is -2.29. The summed E-state index contributed by atoms with van der Waals surface area (Å²) >= 11 is 0. The van der Waals surface area contributed by atoms with E-state index in [2.05, 4.69) is 58.2 Å². The first-order chi connectivity index (χ1) is 18.3. The summed E-state index contributed by atoms with van der Waals surface area (Å²) < 4.78 is 15.1. The van der Waals surface area contributed by atoms with Crippen molar-refractivity contribution in [1.29, 1.82) is 0 Å². The molecule has 5 nitrogen and oxygen atoms in total. The van der Waals surface area contributed by atoms with Gasteiger partial charge in [-0.1, -0.05) is 144 Å². The van der Waals surface area contributed by atoms with Crippen molar-refractivity contribution in [3.05, 3.63) is 34.4 Å². The molecule has 0 saturated heterocycles. The Kier molecular flexibility index (Phi) is 17.4. The van der Waals surface area contributed by atoms with Gasteiger partial charge in [0.2, 0.25) is 0 Å². The van der Waals surface area contributed by atoms with Crippen LogP contribution in [0.5, 0.6) is 0 Å². The lowest BCUT2D eigenvalue weighted by atomic mass is 9.76. The quantitative estimate of drug-likeness (QED) is 0.102. The Hall–Kier alpha value is -0.710. The largest absolute Gasteiger partial charge is 0.469 e. The lowest BCUT2D eigenvalue weighted by molar-refractivity contribution is 0.193. The van der Waals surface area contributed by atoms with E-state index in [0.29, 0.717) is 6.54 Å². The highest BCUT2D eigenvalue weighted by molar-refractivity contribution is 7.46. The van der Waals surface area contributed by atoms with Crippen LogP contribution in [0.4, 0.5) is 0 Å². The molecule has 0 atom stereocenters. The Balaban J connectivity index is 2.11. The van der Waals surface area contributed by atoms with Gasteiger partial charge < -0.3 is 15.5 Å². The molecule has 39 heavy (non-hydrogen) atoms. The average Bonchev–Trinajstić information content (AvgIpc) is 2.83. The van der Waals surface area contributed by atoms with Gasteiger partial charge in [-0.2, -0.15) is 0 Å². The second kappa shape index (κ2) is 18.7. The first-order valence-electron chi connectivity index (χ1n) is 15.8. The van der Waals surface area contributed by atoms with Crippen molar-refractivity contribution in [3.63, 3.8) is 0 Å². The maximum absolute atomic E-state index is 10.6. The predicted octanol–water partition coefficient (Wildman–Crippen LogP) is 9.63. The van der Waals surface area contributed by atoms with E-state index >= 15 is 0 Å². The second-order valence-corrected chi connectivity index (χ2v) is 14.8. The fourth-order valence-electron chi connectivity index (χ4n) is 5.37. The summed E-state index contributed by atoms with van der Waals surface area (Å²) in [4.78, 5) is 17.3. The molecule has 0 aromatic heterocycles. The molecule has 0 fully saturated rings. The van der Waals surface area contributed by atoms with Crippen LogP contribution in [0.1, 0.15) is 167 Å². The fourth-order valence-corrected chi connectivity index (χ4v) is 5.74. The van der Waals surface area contributed by atoms with Crippen LogP contribution in [0.15, 0.2) is 12.1 Å². The van der Waals surface area contributed by atoms with Gasteiger partial charge in [-0.25, -0.2) is 4.57 Å². The number of unbranched alkanes of at least 4 members (excludes halogenated alkanes) is 15. The van der Waals surface area contributed by atoms with Crippen LogP contribution in [0.25, 0.3) is 0 Å². The predicted molar refractivity (Wildman–Crippen MR) is 167 cm³/mol. The van der Waals surface area contributed by atoms with Crippen molar-refractivity contribution in [2.75, 3.05) is 6.61 Å². The van der Waals surface area contributed by atoms with E-state index in [1.807, 2.05) is 0 Å². The number of nitrogens with two attached hydrogens (primary N) is 1. The first-order valence-corrected chi connectivity index (χ1v) is 17.4. The van der Waals surface area contributed by atoms with Gasteiger partial charge in [0.1, 0.15) is 0 Å². The monoisotopic (exact) mass is 567 g/mol. The van der Waals surface area contributed by atoms with E-state index in [0.717, 1.165) is 25.7 Å². The smallest absolute Gasteiger partial charge is 0.326 e. The van der Waals surface area contributed by atoms with Crippen molar-refractivity contribution >= 4 is 7.82 Å². The Morgan fingerprint density at radius 3 is 1.44 bits per heavy atom. The SMILES string of the molecule is CC(C)(C)c1cc(CN)c(CCCCCCCCCCCCCCCCCCOP(=O)(O)O)c(C(C)(C)C)c1. The van der Waals surface area contributed by atoms with Crippen LogP contribution in [0.3, 0.4) is 0 Å². The zero-order valence-corrected chi connectivity index (χ0v) is 27.2. The molecule has 0 unspecified atom stereocenters. The standard InChI is InChI=1S/C33H62NO4P/c1-32(2,3)29-25-28(27-34)30(31(26-29)33(4,5)6)23-21-19-17-15-13-11-9-7-8-10-12-14-16-18-20-22-24-38-39(35,36)37/h25-26H,7-24,27,34H2,1-6H3,(H2,35,36,37). The number of benzene rings is 1. The summed E-state index contributed by atoms with van der Waals surface area (Å²) in [5, 5.41) is 0. The van der Waals surface area contributed by atoms with Gasteiger partial charge in [-0.3, -0.25) is 4.52 Å². The molecule has 0 radical (unpaired) electrons. The van der Waals surface area contributed by atoms with Crippen molar-refractivity contribution in [3.8, 4) is 0 Å². The lowest BCUT2D eigenvalue weighted by Crippen LogP contribution is -2.21. The summed E-state index contributed by atoms with van der Waals surface area (Å²) in [5.41, 5.74) is 12.2. The number of phosphoric acid groups is 1. The molecule has 0 aliphatic rings. The third-order valence-corrected chi connectivity index (χ3v) is 8.34. The summed E-state index contributed by atoms with van der Waals surface area (Å²) in [6.07, 6.45) is 21.2. The molecule has 0 aliphatic carbocycles. The van der Waals surface area contributed by atoms with Crippen LogP contribution in [-0.2, 0) is 32.9 Å². The number of hydrogen-bond donors (Lipinski definition) is 3. The third kappa shape index (κ3) is 17.0. The molecule has 0 bridgehead atoms. The van der Waals surface area contributed by atoms with Crippen molar-refractivity contribution in [2.24, 2.45) is 5.73 Å². The first kappa shape index (κ1) is 36.3. The van der Waals surface area contributed by atoms with E-state index in [1.54, 1.807) is 0 Å². The van der Waals surface area contributed by atoms with Crippen molar-refractivity contribution < 1.29 is 18.9 Å². The molecule has 4 N–H and O–H groups in total. The van der Waals surface area contributed by atoms with E-state index in [1.165, 1.54) is 106 Å². The minimum atomic E-state index is -4.29. The maximum atomic E-state index is 10.6. The fraction of sp³-hybridized carbons (Fsp3) is 0.818. The van der Waals surface area contributed by atoms with Gasteiger partial charge in [0.15, 0.2) is 0 Å². The molecule has 0 aliphatic heterocycles. The van der Waals surface area contributed by atoms with Crippen molar-refractivity contribution in [1.82, 2.24) is 0 Å². The van der Waals surface area contributed by atoms with E-state index in [4.69, 9.17) is 15.5 Å². The zero-order chi connectivity index (χ0) is 29.4. The average molecular weight is 568 g/mol. The molecule has 0 saturated carbocycles. The zero-order valence-electron chi connectivity index (χ0n) is 26.3. The van der Waals surface area contributed by atoms with Gasteiger partial charge in [0.05, 0.1) is 6.61 Å². The number of phosphoric ester groups is 1. The van der Waals surface area contributed by atoms with Gasteiger partial charge in [0.25, 0.3) is 0 Å². The maximum Gasteiger partial charge on any atom is 0.469 e. The van der Waals surface area contributed by atoms with E-state index in [-0.39, 0.29) is 17.4 Å². The Bertz CT molecular complexity index is 835. The molecule has 0 spiro atoms. The minimum Gasteiger partial charge on any atom is -0.326 e. The second-order valence-electron chi connectivity index (χ2n) is 13.6. The summed E-state index contributed by atoms with van der Waals surface area (Å²) in [7, 11) is -4.29. The molecule has 6 heteroatoms. The highest BCUT2D eigenvalue weighted by Gasteiger charge is 2.24. The summed E-state index contributed by atoms with van der Waals surface area (Å²) in [5.74, 6) is 0. The Morgan fingerprint density at radius 1 is 0.667 bits per heavy atom. The molecule has 1 aromatic rings. The van der Waals surface area contributed by atoms with E-state index in [9.17, 15) is 4.57 Å². The molecular weight excluding hydrogens is 505 g/mol. The van der Waals surface area contributed by atoms with Gasteiger partial charge >= 0.3 is 7.82 Å².